The largest absolute Gasteiger partial charge is 0.508 e. The van der Waals surface area contributed by atoms with E-state index >= 15 is 0 Å². The van der Waals surface area contributed by atoms with Gasteiger partial charge in [0.1, 0.15) is 17.2 Å². The molecule has 0 atom stereocenters. The summed E-state index contributed by atoms with van der Waals surface area (Å²) in [4.78, 5) is 20.6. The van der Waals surface area contributed by atoms with Crippen molar-refractivity contribution in [2.45, 2.75) is 20.3 Å². The number of carbonyl (C=O) groups excluding carboxylic acids is 1. The minimum Gasteiger partial charge on any atom is -0.508 e. The van der Waals surface area contributed by atoms with Crippen molar-refractivity contribution < 1.29 is 9.90 Å². The molecule has 4 N–H and O–H groups in total. The number of pyridine rings is 1. The van der Waals surface area contributed by atoms with E-state index in [-0.39, 0.29) is 17.5 Å². The fourth-order valence-electron chi connectivity index (χ4n) is 3.68. The van der Waals surface area contributed by atoms with Crippen molar-refractivity contribution in [3.63, 3.8) is 0 Å². The molecule has 3 aromatic rings. The summed E-state index contributed by atoms with van der Waals surface area (Å²) in [6, 6.07) is 3.42. The molecule has 0 spiro atoms. The summed E-state index contributed by atoms with van der Waals surface area (Å²) in [6.45, 7) is 11.6. The number of nitrogens with one attached hydrogen (secondary N) is 1. The third-order valence-electron chi connectivity index (χ3n) is 4.94. The number of phenols is 1. The molecule has 1 aliphatic rings. The number of carbonyl (C=O) groups is 1. The molecule has 0 fully saturated rings. The summed E-state index contributed by atoms with van der Waals surface area (Å²) in [5, 5.41) is 13.6. The van der Waals surface area contributed by atoms with Crippen LogP contribution in [0.25, 0.3) is 21.6 Å². The molecule has 0 aliphatic carbocycles. The van der Waals surface area contributed by atoms with Gasteiger partial charge >= 0.3 is 0 Å². The number of hydrogen-bond donors (Lipinski definition) is 3. The normalized spacial score (nSPS) is 13.3. The first-order chi connectivity index (χ1) is 12.5. The van der Waals surface area contributed by atoms with E-state index in [4.69, 9.17) is 12.3 Å². The van der Waals surface area contributed by atoms with Gasteiger partial charge in [0.05, 0.1) is 17.8 Å². The fraction of sp³-hybridized carbons (Fsp3) is 0.211. The van der Waals surface area contributed by atoms with Gasteiger partial charge in [0.2, 0.25) is 5.69 Å². The van der Waals surface area contributed by atoms with E-state index in [2.05, 4.69) is 15.1 Å². The van der Waals surface area contributed by atoms with Gasteiger partial charge in [-0.3, -0.25) is 9.36 Å². The van der Waals surface area contributed by atoms with E-state index in [1.165, 1.54) is 6.20 Å². The minimum atomic E-state index is -0.274. The fourth-order valence-corrected chi connectivity index (χ4v) is 3.68. The number of nitrogens with zero attached hydrogens (tertiary/aromatic N) is 3. The second-order valence-corrected chi connectivity index (χ2v) is 6.41. The lowest BCUT2D eigenvalue weighted by Crippen LogP contribution is -2.24. The second kappa shape index (κ2) is 5.49. The van der Waals surface area contributed by atoms with Crippen LogP contribution in [0.5, 0.6) is 5.75 Å². The minimum absolute atomic E-state index is 0.142. The maximum atomic E-state index is 12.6. The van der Waals surface area contributed by atoms with E-state index < -0.39 is 0 Å². The van der Waals surface area contributed by atoms with Crippen molar-refractivity contribution in [3.05, 3.63) is 52.0 Å². The first kappa shape index (κ1) is 16.0. The van der Waals surface area contributed by atoms with Crippen LogP contribution in [-0.2, 0) is 6.42 Å². The van der Waals surface area contributed by atoms with Crippen LogP contribution in [0.1, 0.15) is 27.0 Å². The molecule has 4 rings (SSSR count). The predicted octanol–water partition coefficient (Wildman–Crippen LogP) is 2.77. The Kier molecular flexibility index (Phi) is 3.37. The molecule has 0 bridgehead atoms. The van der Waals surface area contributed by atoms with Crippen LogP contribution in [0, 0.1) is 20.4 Å². The van der Waals surface area contributed by atoms with Crippen LogP contribution < -0.4 is 11.1 Å². The Morgan fingerprint density at radius 3 is 2.88 bits per heavy atom. The summed E-state index contributed by atoms with van der Waals surface area (Å²) >= 11 is 0. The van der Waals surface area contributed by atoms with E-state index in [0.717, 1.165) is 11.1 Å². The predicted molar refractivity (Wildman–Crippen MR) is 98.9 cm³/mol. The van der Waals surface area contributed by atoms with Gasteiger partial charge in [-0.05, 0) is 37.5 Å². The van der Waals surface area contributed by atoms with E-state index in [1.807, 2.05) is 6.92 Å². The van der Waals surface area contributed by atoms with E-state index in [0.29, 0.717) is 46.5 Å². The summed E-state index contributed by atoms with van der Waals surface area (Å²) in [6.07, 6.45) is 2.06. The maximum Gasteiger partial charge on any atom is 0.255 e. The Balaban J connectivity index is 2.22. The monoisotopic (exact) mass is 347 g/mol. The van der Waals surface area contributed by atoms with Gasteiger partial charge in [0.15, 0.2) is 0 Å². The van der Waals surface area contributed by atoms with Gasteiger partial charge in [-0.1, -0.05) is 6.07 Å². The van der Waals surface area contributed by atoms with Crippen LogP contribution in [-0.4, -0.2) is 27.1 Å². The van der Waals surface area contributed by atoms with Crippen LogP contribution in [0.2, 0.25) is 0 Å². The molecule has 0 saturated heterocycles. The van der Waals surface area contributed by atoms with Crippen molar-refractivity contribution in [1.29, 1.82) is 0 Å². The van der Waals surface area contributed by atoms with Gasteiger partial charge in [-0.25, -0.2) is 9.83 Å². The molecule has 1 aliphatic heterocycles. The number of nitrogens with two attached hydrogens (primary N) is 1. The molecule has 3 heterocycles. The highest BCUT2D eigenvalue weighted by atomic mass is 16.3. The average molecular weight is 347 g/mol. The zero-order valence-electron chi connectivity index (χ0n) is 14.4. The third kappa shape index (κ3) is 1.99. The maximum absolute atomic E-state index is 12.6. The van der Waals surface area contributed by atoms with Gasteiger partial charge in [0.25, 0.3) is 5.91 Å². The molecule has 130 valence electrons. The number of aromatic nitrogens is 2. The molecular formula is C19H17N5O2. The number of amides is 1. The molecule has 0 saturated carbocycles. The summed E-state index contributed by atoms with van der Waals surface area (Å²) in [5.74, 6) is 0.124. The molecular weight excluding hydrogens is 330 g/mol. The number of phenolic OH excluding ortho intramolecular Hbond substituents is 1. The quantitative estimate of drug-likeness (QED) is 0.590. The average Bonchev–Trinajstić information content (AvgIpc) is 2.79. The number of rotatable bonds is 1. The lowest BCUT2D eigenvalue weighted by atomic mass is 10.1. The molecule has 0 radical (unpaired) electrons. The Labute approximate surface area is 149 Å². The first-order valence-electron chi connectivity index (χ1n) is 8.22. The molecule has 1 amide bonds. The van der Waals surface area contributed by atoms with Crippen molar-refractivity contribution in [2.24, 2.45) is 0 Å². The summed E-state index contributed by atoms with van der Waals surface area (Å²) in [5.41, 5.74) is 10.7. The Bertz CT molecular complexity index is 1140. The number of aromatic hydroxyl groups is 1. The highest BCUT2D eigenvalue weighted by Gasteiger charge is 2.29. The lowest BCUT2D eigenvalue weighted by molar-refractivity contribution is 0.0958. The Hall–Kier alpha value is -3.53. The van der Waals surface area contributed by atoms with Crippen molar-refractivity contribution in [1.82, 2.24) is 14.9 Å². The van der Waals surface area contributed by atoms with Gasteiger partial charge in [-0.15, -0.1) is 0 Å². The number of hydrogen-bond acceptors (Lipinski definition) is 4. The summed E-state index contributed by atoms with van der Waals surface area (Å²) in [7, 11) is 0. The molecule has 7 heteroatoms. The number of anilines is 1. The van der Waals surface area contributed by atoms with Gasteiger partial charge in [0, 0.05) is 23.7 Å². The van der Waals surface area contributed by atoms with Crippen LogP contribution in [0.3, 0.4) is 0 Å². The molecule has 2 aromatic heterocycles. The van der Waals surface area contributed by atoms with E-state index in [9.17, 15) is 9.90 Å². The van der Waals surface area contributed by atoms with E-state index in [1.54, 1.807) is 23.6 Å². The highest BCUT2D eigenvalue weighted by Crippen LogP contribution is 2.40. The van der Waals surface area contributed by atoms with Gasteiger partial charge < -0.3 is 16.2 Å². The van der Waals surface area contributed by atoms with Crippen molar-refractivity contribution >= 4 is 28.4 Å². The number of aryl methyl sites for hydroxylation is 1. The molecule has 7 nitrogen and oxygen atoms in total. The number of nitrogen functional groups attached to an aromatic ring is 1. The topological polar surface area (TPSA) is 97.5 Å². The smallest absolute Gasteiger partial charge is 0.255 e. The van der Waals surface area contributed by atoms with Crippen LogP contribution in [0.15, 0.2) is 18.3 Å². The zero-order valence-corrected chi connectivity index (χ0v) is 14.4. The molecule has 1 aromatic carbocycles. The SMILES string of the molecule is [C-]#[N+]c1cnc2c3c1CCNC(=O)c3c(N)n2-c1c(C)ccc(O)c1C. The van der Waals surface area contributed by atoms with Crippen LogP contribution in [0.4, 0.5) is 11.5 Å². The summed E-state index contributed by atoms with van der Waals surface area (Å²) < 4.78 is 1.71. The molecule has 0 unspecified atom stereocenters. The molecule has 26 heavy (non-hydrogen) atoms. The standard InChI is InChI=1S/C19H17N5O2/c1-9-4-5-13(25)10(2)16(9)24-17(20)15-14-11(6-7-22-19(15)26)12(21-3)8-23-18(14)24/h4-5,8,25H,6-7,20H2,1-2H3,(H,22,26). The van der Waals surface area contributed by atoms with Gasteiger partial charge in [-0.2, -0.15) is 0 Å². The number of benzene rings is 1. The zero-order chi connectivity index (χ0) is 18.6. The third-order valence-corrected chi connectivity index (χ3v) is 4.94. The lowest BCUT2D eigenvalue weighted by Gasteiger charge is -2.16. The Morgan fingerprint density at radius 1 is 1.38 bits per heavy atom. The van der Waals surface area contributed by atoms with Crippen molar-refractivity contribution in [2.75, 3.05) is 12.3 Å². The van der Waals surface area contributed by atoms with Crippen LogP contribution >= 0.6 is 0 Å². The highest BCUT2D eigenvalue weighted by molar-refractivity contribution is 6.14. The van der Waals surface area contributed by atoms with Crippen molar-refractivity contribution in [3.8, 4) is 11.4 Å². The Morgan fingerprint density at radius 2 is 2.15 bits per heavy atom. The first-order valence-corrected chi connectivity index (χ1v) is 8.22. The second-order valence-electron chi connectivity index (χ2n) is 6.41.